The maximum atomic E-state index is 12.3. The third-order valence-corrected chi connectivity index (χ3v) is 3.43. The second-order valence-electron chi connectivity index (χ2n) is 4.99. The van der Waals surface area contributed by atoms with E-state index in [-0.39, 0.29) is 11.9 Å². The molecule has 6 nitrogen and oxygen atoms in total. The van der Waals surface area contributed by atoms with Crippen molar-refractivity contribution in [3.63, 3.8) is 0 Å². The van der Waals surface area contributed by atoms with E-state index in [9.17, 15) is 4.79 Å². The van der Waals surface area contributed by atoms with Crippen LogP contribution >= 0.6 is 11.6 Å². The van der Waals surface area contributed by atoms with Crippen LogP contribution in [-0.4, -0.2) is 27.3 Å². The van der Waals surface area contributed by atoms with Gasteiger partial charge in [0.1, 0.15) is 12.1 Å². The van der Waals surface area contributed by atoms with Crippen molar-refractivity contribution in [2.45, 2.75) is 26.3 Å². The van der Waals surface area contributed by atoms with Gasteiger partial charge in [-0.3, -0.25) is 4.79 Å². The van der Waals surface area contributed by atoms with Gasteiger partial charge in [0.2, 0.25) is 0 Å². The van der Waals surface area contributed by atoms with Crippen molar-refractivity contribution >= 4 is 17.5 Å². The van der Waals surface area contributed by atoms with Crippen LogP contribution in [0.2, 0.25) is 5.02 Å². The second kappa shape index (κ2) is 7.26. The molecule has 0 spiro atoms. The number of amides is 1. The Morgan fingerprint density at radius 2 is 2.27 bits per heavy atom. The number of carbonyl (C=O) groups is 1. The van der Waals surface area contributed by atoms with Crippen molar-refractivity contribution in [1.29, 1.82) is 0 Å². The molecule has 1 aromatic heterocycles. The fourth-order valence-corrected chi connectivity index (χ4v) is 2.23. The summed E-state index contributed by atoms with van der Waals surface area (Å²) < 4.78 is 7.25. The molecule has 0 aliphatic heterocycles. The zero-order chi connectivity index (χ0) is 16.1. The zero-order valence-electron chi connectivity index (χ0n) is 12.8. The largest absolute Gasteiger partial charge is 0.492 e. The summed E-state index contributed by atoms with van der Waals surface area (Å²) in [5.41, 5.74) is 0.475. The number of nitrogens with one attached hydrogen (secondary N) is 1. The molecule has 1 aromatic carbocycles. The van der Waals surface area contributed by atoms with Gasteiger partial charge < -0.3 is 14.6 Å². The van der Waals surface area contributed by atoms with Gasteiger partial charge in [0, 0.05) is 12.6 Å². The summed E-state index contributed by atoms with van der Waals surface area (Å²) in [7, 11) is 1.83. The molecule has 0 saturated carbocycles. The normalized spacial score (nSPS) is 12.0. The highest BCUT2D eigenvalue weighted by Crippen LogP contribution is 2.25. The lowest BCUT2D eigenvalue weighted by molar-refractivity contribution is 0.0937. The van der Waals surface area contributed by atoms with Crippen LogP contribution in [0.25, 0.3) is 0 Å². The molecule has 1 unspecified atom stereocenters. The van der Waals surface area contributed by atoms with Gasteiger partial charge in [-0.1, -0.05) is 18.5 Å². The number of carbonyl (C=O) groups excluding carboxylic acids is 1. The fourth-order valence-electron chi connectivity index (χ4n) is 2.00. The van der Waals surface area contributed by atoms with E-state index >= 15 is 0 Å². The lowest BCUT2D eigenvalue weighted by Crippen LogP contribution is -2.28. The van der Waals surface area contributed by atoms with Gasteiger partial charge in [-0.05, 0) is 31.5 Å². The molecule has 2 rings (SSSR count). The molecule has 0 aliphatic rings. The number of aryl methyl sites for hydroxylation is 1. The average Bonchev–Trinajstić information content (AvgIpc) is 2.92. The van der Waals surface area contributed by atoms with Gasteiger partial charge in [0.25, 0.3) is 5.91 Å². The first kappa shape index (κ1) is 16.3. The summed E-state index contributed by atoms with van der Waals surface area (Å²) in [6.07, 6.45) is 2.49. The van der Waals surface area contributed by atoms with Crippen LogP contribution in [0.5, 0.6) is 5.75 Å². The number of halogens is 1. The number of hydrogen-bond donors (Lipinski definition) is 1. The van der Waals surface area contributed by atoms with Gasteiger partial charge in [0.05, 0.1) is 17.7 Å². The Balaban J connectivity index is 2.06. The van der Waals surface area contributed by atoms with Gasteiger partial charge in [-0.2, -0.15) is 0 Å². The molecule has 0 aliphatic carbocycles. The first-order valence-corrected chi connectivity index (χ1v) is 7.47. The molecule has 0 saturated heterocycles. The zero-order valence-corrected chi connectivity index (χ0v) is 13.6. The molecule has 0 bridgehead atoms. The minimum atomic E-state index is -0.255. The van der Waals surface area contributed by atoms with Crippen LogP contribution in [-0.2, 0) is 7.05 Å². The van der Waals surface area contributed by atoms with Gasteiger partial charge in [-0.25, -0.2) is 0 Å². The van der Waals surface area contributed by atoms with Crippen molar-refractivity contribution in [3.8, 4) is 5.75 Å². The minimum absolute atomic E-state index is 0.223. The maximum absolute atomic E-state index is 12.3. The smallest absolute Gasteiger partial charge is 0.251 e. The molecular formula is C15H19ClN4O2. The molecule has 0 fully saturated rings. The Kier molecular flexibility index (Phi) is 5.38. The number of hydrogen-bond acceptors (Lipinski definition) is 4. The number of aromatic nitrogens is 3. The SMILES string of the molecule is CCCOc1ccc(C(=O)NC(C)c2nncn2C)cc1Cl. The van der Waals surface area contributed by atoms with E-state index in [0.717, 1.165) is 6.42 Å². The van der Waals surface area contributed by atoms with E-state index < -0.39 is 0 Å². The Morgan fingerprint density at radius 1 is 1.50 bits per heavy atom. The minimum Gasteiger partial charge on any atom is -0.492 e. The van der Waals surface area contributed by atoms with E-state index in [2.05, 4.69) is 15.5 Å². The molecule has 0 radical (unpaired) electrons. The molecule has 7 heteroatoms. The van der Waals surface area contributed by atoms with E-state index in [1.165, 1.54) is 0 Å². The molecule has 22 heavy (non-hydrogen) atoms. The summed E-state index contributed by atoms with van der Waals surface area (Å²) in [4.78, 5) is 12.3. The summed E-state index contributed by atoms with van der Waals surface area (Å²) in [6.45, 7) is 4.46. The van der Waals surface area contributed by atoms with Crippen LogP contribution in [0.15, 0.2) is 24.5 Å². The predicted octanol–water partition coefficient (Wildman–Crippen LogP) is 2.75. The van der Waals surface area contributed by atoms with Crippen LogP contribution in [0, 0.1) is 0 Å². The highest BCUT2D eigenvalue weighted by atomic mass is 35.5. The third kappa shape index (κ3) is 3.76. The van der Waals surface area contributed by atoms with Crippen LogP contribution in [0.3, 0.4) is 0 Å². The van der Waals surface area contributed by atoms with E-state index in [4.69, 9.17) is 16.3 Å². The summed E-state index contributed by atoms with van der Waals surface area (Å²) >= 11 is 6.14. The lowest BCUT2D eigenvalue weighted by Gasteiger charge is -2.14. The molecule has 2 aromatic rings. The predicted molar refractivity (Wildman–Crippen MR) is 84.1 cm³/mol. The number of ether oxygens (including phenoxy) is 1. The monoisotopic (exact) mass is 322 g/mol. The van der Waals surface area contributed by atoms with E-state index in [1.807, 2.05) is 20.9 Å². The van der Waals surface area contributed by atoms with Crippen molar-refractivity contribution in [2.24, 2.45) is 7.05 Å². The fraction of sp³-hybridized carbons (Fsp3) is 0.400. The summed E-state index contributed by atoms with van der Waals surface area (Å²) in [5, 5.41) is 11.1. The van der Waals surface area contributed by atoms with E-state index in [0.29, 0.717) is 28.8 Å². The van der Waals surface area contributed by atoms with Crippen molar-refractivity contribution in [2.75, 3.05) is 6.61 Å². The number of nitrogens with zero attached hydrogens (tertiary/aromatic N) is 3. The first-order valence-electron chi connectivity index (χ1n) is 7.10. The third-order valence-electron chi connectivity index (χ3n) is 3.14. The Bertz CT molecular complexity index is 657. The van der Waals surface area contributed by atoms with Crippen LogP contribution < -0.4 is 10.1 Å². The highest BCUT2D eigenvalue weighted by molar-refractivity contribution is 6.32. The van der Waals surface area contributed by atoms with Crippen LogP contribution in [0.1, 0.15) is 42.5 Å². The highest BCUT2D eigenvalue weighted by Gasteiger charge is 2.16. The standard InChI is InChI=1S/C15H19ClN4O2/c1-4-7-22-13-6-5-11(8-12(13)16)15(21)18-10(2)14-19-17-9-20(14)3/h5-6,8-10H,4,7H2,1-3H3,(H,18,21). The lowest BCUT2D eigenvalue weighted by atomic mass is 10.2. The quantitative estimate of drug-likeness (QED) is 0.888. The van der Waals surface area contributed by atoms with Crippen molar-refractivity contribution in [1.82, 2.24) is 20.1 Å². The molecule has 1 heterocycles. The number of benzene rings is 1. The summed E-state index contributed by atoms with van der Waals surface area (Å²) in [6, 6.07) is 4.75. The molecule has 1 atom stereocenters. The van der Waals surface area contributed by atoms with E-state index in [1.54, 1.807) is 29.1 Å². The van der Waals surface area contributed by atoms with Crippen molar-refractivity contribution in [3.05, 3.63) is 40.9 Å². The van der Waals surface area contributed by atoms with Crippen LogP contribution in [0.4, 0.5) is 0 Å². The van der Waals surface area contributed by atoms with Gasteiger partial charge in [-0.15, -0.1) is 10.2 Å². The first-order chi connectivity index (χ1) is 10.5. The number of rotatable bonds is 6. The van der Waals surface area contributed by atoms with Gasteiger partial charge >= 0.3 is 0 Å². The topological polar surface area (TPSA) is 69.0 Å². The Morgan fingerprint density at radius 3 is 2.86 bits per heavy atom. The van der Waals surface area contributed by atoms with Crippen molar-refractivity contribution < 1.29 is 9.53 Å². The summed E-state index contributed by atoms with van der Waals surface area (Å²) in [5.74, 6) is 1.04. The molecular weight excluding hydrogens is 304 g/mol. The average molecular weight is 323 g/mol. The second-order valence-corrected chi connectivity index (χ2v) is 5.40. The molecule has 1 N–H and O–H groups in total. The maximum Gasteiger partial charge on any atom is 0.251 e. The Hall–Kier alpha value is -2.08. The van der Waals surface area contributed by atoms with Gasteiger partial charge in [0.15, 0.2) is 5.82 Å². The molecule has 118 valence electrons. The Labute approximate surface area is 134 Å². The molecule has 1 amide bonds.